The fourth-order valence-corrected chi connectivity index (χ4v) is 11.0. The molecule has 2 N–H and O–H groups in total. The summed E-state index contributed by atoms with van der Waals surface area (Å²) in [6, 6.07) is 1.52. The van der Waals surface area contributed by atoms with E-state index < -0.39 is 230 Å². The minimum atomic E-state index is -2.69. The number of H-pyrrole nitrogens is 2. The molecule has 76 heavy (non-hydrogen) atoms. The van der Waals surface area contributed by atoms with Gasteiger partial charge in [0.1, 0.15) is 0 Å². The Hall–Kier alpha value is -7.48. The van der Waals surface area contributed by atoms with Crippen LogP contribution in [0.5, 0.6) is 0 Å². The molecule has 6 aromatic rings. The number of hydrogen-bond donors (Lipinski definition) is 2. The van der Waals surface area contributed by atoms with E-state index in [4.69, 9.17) is 0 Å². The lowest BCUT2D eigenvalue weighted by molar-refractivity contribution is 0.381. The van der Waals surface area contributed by atoms with Crippen LogP contribution in [0.4, 0.5) is 87.8 Å². The van der Waals surface area contributed by atoms with Crippen molar-refractivity contribution < 1.29 is 87.8 Å². The Morgan fingerprint density at radius 1 is 0.316 bits per heavy atom. The van der Waals surface area contributed by atoms with Gasteiger partial charge in [0, 0.05) is 94.5 Å². The summed E-state index contributed by atoms with van der Waals surface area (Å²) in [6.07, 6.45) is 1.42. The lowest BCUT2D eigenvalue weighted by Crippen LogP contribution is -2.16. The van der Waals surface area contributed by atoms with E-state index in [1.165, 1.54) is 23.9 Å². The molecule has 2 saturated heterocycles. The van der Waals surface area contributed by atoms with Gasteiger partial charge in [-0.25, -0.2) is 92.8 Å². The first kappa shape index (κ1) is 50.7. The number of hydrogen-bond acceptors (Lipinski definition) is 4. The van der Waals surface area contributed by atoms with Crippen molar-refractivity contribution in [3.63, 3.8) is 0 Å². The zero-order valence-corrected chi connectivity index (χ0v) is 37.8. The number of rotatable bonds is 4. The summed E-state index contributed by atoms with van der Waals surface area (Å²) in [5.41, 5.74) is -18.2. The molecule has 4 aromatic carbocycles. The summed E-state index contributed by atoms with van der Waals surface area (Å²) in [6.45, 7) is -1.45. The maximum atomic E-state index is 16.4. The van der Waals surface area contributed by atoms with Crippen LogP contribution in [0.25, 0.3) is 67.7 Å². The van der Waals surface area contributed by atoms with E-state index in [1.807, 2.05) is 0 Å². The number of likely N-dealkylation sites (tertiary alicyclic amines) is 2. The number of nitrogens with zero attached hydrogens (tertiary/aromatic N) is 4. The fourth-order valence-electron chi connectivity index (χ4n) is 11.0. The quantitative estimate of drug-likeness (QED) is 0.105. The van der Waals surface area contributed by atoms with Gasteiger partial charge in [-0.3, -0.25) is 4.98 Å². The first-order valence-electron chi connectivity index (χ1n) is 22.1. The van der Waals surface area contributed by atoms with E-state index in [0.29, 0.717) is 12.2 Å². The van der Waals surface area contributed by atoms with Crippen LogP contribution in [0.15, 0.2) is 12.1 Å². The van der Waals surface area contributed by atoms with Crippen LogP contribution < -0.4 is 0 Å². The molecule has 0 unspecified atom stereocenters. The highest BCUT2D eigenvalue weighted by atomic mass is 19.2. The third kappa shape index (κ3) is 6.96. The Kier molecular flexibility index (Phi) is 11.7. The summed E-state index contributed by atoms with van der Waals surface area (Å²) in [7, 11) is 2.74. The van der Waals surface area contributed by atoms with Crippen LogP contribution in [0.1, 0.15) is 57.8 Å². The predicted octanol–water partition coefficient (Wildman–Crippen LogP) is 13.3. The van der Waals surface area contributed by atoms with Crippen molar-refractivity contribution in [1.82, 2.24) is 29.7 Å². The first-order chi connectivity index (χ1) is 35.9. The largest absolute Gasteiger partial charge is 0.361 e. The van der Waals surface area contributed by atoms with Gasteiger partial charge in [-0.1, -0.05) is 0 Å². The van der Waals surface area contributed by atoms with Crippen molar-refractivity contribution in [2.75, 3.05) is 40.3 Å². The van der Waals surface area contributed by atoms with Crippen molar-refractivity contribution in [1.29, 1.82) is 0 Å². The van der Waals surface area contributed by atoms with Gasteiger partial charge < -0.3 is 19.8 Å². The Bertz CT molecular complexity index is 3530. The van der Waals surface area contributed by atoms with Gasteiger partial charge in [0.2, 0.25) is 23.3 Å². The highest BCUT2D eigenvalue weighted by molar-refractivity contribution is 5.93. The third-order valence-electron chi connectivity index (χ3n) is 14.2. The number of nitrogens with one attached hydrogen (secondary N) is 2. The lowest BCUT2D eigenvalue weighted by atomic mass is 9.86. The second-order valence-electron chi connectivity index (χ2n) is 18.5. The molecule has 0 spiro atoms. The van der Waals surface area contributed by atoms with Crippen molar-refractivity contribution in [3.05, 3.63) is 163 Å². The lowest BCUT2D eigenvalue weighted by Gasteiger charge is -2.17. The Balaban J connectivity index is 1.47. The van der Waals surface area contributed by atoms with Gasteiger partial charge in [-0.15, -0.1) is 0 Å². The highest BCUT2D eigenvalue weighted by Gasteiger charge is 2.47. The second-order valence-corrected chi connectivity index (χ2v) is 18.5. The standard InChI is InChI=1S/C50H24F20N6/c1-75-7-11-12(8-75)48-20(24-29(53)37(61)44(68)38(62)30(24)54)16-4-6-18(72-16)22(26-33(57)41(65)46(70)42(66)34(26)58)50-14-10-76(2)9-13(14)49(74-50)21(25-31(55)39(63)45(69)40(64)32(25)56)17-5-3-15(71-17)19(47(11)73-48)23-27(51)35(59)43(67)36(60)28(23)52/h3-6,11-14,71,73H,7-10H2,1-2H3/t11-,12+,13+,14-/m0/s1. The first-order valence-corrected chi connectivity index (χ1v) is 22.1. The van der Waals surface area contributed by atoms with E-state index in [2.05, 4.69) is 19.9 Å². The number of aromatic amines is 2. The molecule has 0 saturated carbocycles. The molecule has 5 aliphatic rings. The van der Waals surface area contributed by atoms with Crippen LogP contribution in [0, 0.1) is 116 Å². The minimum absolute atomic E-state index is 0.348. The van der Waals surface area contributed by atoms with Crippen LogP contribution >= 0.6 is 0 Å². The predicted molar refractivity (Wildman–Crippen MR) is 228 cm³/mol. The summed E-state index contributed by atoms with van der Waals surface area (Å²) in [5, 5.41) is 0. The summed E-state index contributed by atoms with van der Waals surface area (Å²) < 4.78 is 313. The molecular formula is C50H24F20N6. The molecule has 26 heteroatoms. The maximum Gasteiger partial charge on any atom is 0.200 e. The van der Waals surface area contributed by atoms with Gasteiger partial charge in [-0.2, -0.15) is 0 Å². The van der Waals surface area contributed by atoms with E-state index in [0.717, 1.165) is 12.1 Å². The molecule has 2 fully saturated rings. The molecule has 6 nitrogen and oxygen atoms in total. The van der Waals surface area contributed by atoms with E-state index in [-0.39, 0.29) is 26.2 Å². The van der Waals surface area contributed by atoms with Gasteiger partial charge in [0.25, 0.3) is 0 Å². The van der Waals surface area contributed by atoms with Crippen molar-refractivity contribution >= 4 is 23.2 Å². The Labute approximate surface area is 411 Å². The number of halogens is 20. The van der Waals surface area contributed by atoms with E-state index in [9.17, 15) is 17.6 Å². The monoisotopic (exact) mass is 1090 g/mol. The fraction of sp³-hybridized carbons (Fsp3) is 0.200. The van der Waals surface area contributed by atoms with Crippen molar-refractivity contribution in [2.24, 2.45) is 0 Å². The number of aromatic nitrogens is 4. The molecule has 0 amide bonds. The smallest absolute Gasteiger partial charge is 0.200 e. The average molecular weight is 1090 g/mol. The molecule has 7 heterocycles. The molecular weight excluding hydrogens is 1060 g/mol. The number of benzene rings is 4. The normalized spacial score (nSPS) is 18.8. The third-order valence-corrected chi connectivity index (χ3v) is 14.2. The molecule has 394 valence electrons. The van der Waals surface area contributed by atoms with Crippen LogP contribution in [0.2, 0.25) is 0 Å². The van der Waals surface area contributed by atoms with E-state index in [1.54, 1.807) is 0 Å². The highest BCUT2D eigenvalue weighted by Crippen LogP contribution is 2.54. The zero-order valence-electron chi connectivity index (χ0n) is 37.8. The number of fused-ring (bicyclic) bond motifs is 14. The molecule has 4 atom stereocenters. The van der Waals surface area contributed by atoms with E-state index >= 15 is 70.2 Å². The minimum Gasteiger partial charge on any atom is -0.361 e. The average Bonchev–Trinajstić information content (AvgIpc) is 4.34. The van der Waals surface area contributed by atoms with Crippen LogP contribution in [-0.2, 0) is 0 Å². The van der Waals surface area contributed by atoms with Crippen LogP contribution in [-0.4, -0.2) is 70.0 Å². The molecule has 5 aliphatic heterocycles. The van der Waals surface area contributed by atoms with Crippen LogP contribution in [0.3, 0.4) is 0 Å². The Morgan fingerprint density at radius 3 is 0.987 bits per heavy atom. The van der Waals surface area contributed by atoms with Crippen molar-refractivity contribution in [2.45, 2.75) is 23.7 Å². The zero-order chi connectivity index (χ0) is 54.7. The molecule has 0 aliphatic carbocycles. The van der Waals surface area contributed by atoms with Gasteiger partial charge in [0.15, 0.2) is 93.1 Å². The maximum absolute atomic E-state index is 16.4. The number of likely N-dealkylation sites (N-methyl/N-ethyl adjacent to an activating group) is 2. The second kappa shape index (κ2) is 17.5. The summed E-state index contributed by atoms with van der Waals surface area (Å²) in [5.74, 6) is -57.6. The molecule has 2 aromatic heterocycles. The van der Waals surface area contributed by atoms with Gasteiger partial charge in [0.05, 0.1) is 45.0 Å². The SMILES string of the molecule is CN1C[C@@H]2c3nc(c(-c4c(F)c(F)c(F)c(F)c4F)c4ccc([nH]4)c(-c4c(F)c(F)c(F)c(F)c4F)c4[nH]c(c(-c5c(F)c(F)c(F)c(F)c5F)c5nc(c3-c3c(F)c(F)c(F)c(F)c3F)C=C5)[C@@H]3CN(C)C[C@H]43)[C@@H]2C1. The van der Waals surface area contributed by atoms with Gasteiger partial charge >= 0.3 is 0 Å². The molecule has 11 rings (SSSR count). The molecule has 8 bridgehead atoms. The molecule has 0 radical (unpaired) electrons. The topological polar surface area (TPSA) is 63.8 Å². The Morgan fingerprint density at radius 2 is 0.592 bits per heavy atom. The van der Waals surface area contributed by atoms with Gasteiger partial charge in [-0.05, 0) is 38.4 Å². The summed E-state index contributed by atoms with van der Waals surface area (Å²) >= 11 is 0. The summed E-state index contributed by atoms with van der Waals surface area (Å²) in [4.78, 5) is 16.5. The van der Waals surface area contributed by atoms with Crippen molar-refractivity contribution in [3.8, 4) is 44.5 Å².